The second kappa shape index (κ2) is 13.0. The average Bonchev–Trinajstić information content (AvgIpc) is 3.90. The number of carbonyl (C=O) groups is 2. The molecule has 2 fully saturated rings. The van der Waals surface area contributed by atoms with Crippen molar-refractivity contribution in [3.63, 3.8) is 0 Å². The van der Waals surface area contributed by atoms with Gasteiger partial charge in [0.25, 0.3) is 0 Å². The first kappa shape index (κ1) is 31.1. The topological polar surface area (TPSA) is 126 Å². The van der Waals surface area contributed by atoms with Gasteiger partial charge < -0.3 is 30.7 Å². The van der Waals surface area contributed by atoms with E-state index >= 15 is 0 Å². The fourth-order valence-corrected chi connectivity index (χ4v) is 7.56. The minimum absolute atomic E-state index is 0.00366. The molecular formula is C36H34Cl2N6O4. The molecule has 2 saturated heterocycles. The third-order valence-corrected chi connectivity index (χ3v) is 10.3. The second-order valence-corrected chi connectivity index (χ2v) is 13.4. The van der Waals surface area contributed by atoms with Gasteiger partial charge in [0.05, 0.1) is 33.5 Å². The summed E-state index contributed by atoms with van der Waals surface area (Å²) >= 11 is 14.2. The highest BCUT2D eigenvalue weighted by atomic mass is 35.5. The smallest absolute Gasteiger partial charge is 0.220 e. The van der Waals surface area contributed by atoms with Gasteiger partial charge in [-0.2, -0.15) is 0 Å². The minimum Gasteiger partial charge on any atom is -0.475 e. The lowest BCUT2D eigenvalue weighted by atomic mass is 9.97. The molecule has 48 heavy (non-hydrogen) atoms. The number of nitrogens with one attached hydrogen (secondary N) is 4. The molecule has 8 rings (SSSR count). The van der Waals surface area contributed by atoms with E-state index in [-0.39, 0.29) is 36.0 Å². The van der Waals surface area contributed by atoms with E-state index in [2.05, 4.69) is 21.3 Å². The number of hydrogen-bond acceptors (Lipinski definition) is 8. The van der Waals surface area contributed by atoms with Crippen LogP contribution < -0.4 is 30.7 Å². The van der Waals surface area contributed by atoms with Crippen LogP contribution in [0.5, 0.6) is 11.8 Å². The normalized spacial score (nSPS) is 22.5. The van der Waals surface area contributed by atoms with E-state index in [1.54, 1.807) is 0 Å². The summed E-state index contributed by atoms with van der Waals surface area (Å²) in [7, 11) is 0. The van der Waals surface area contributed by atoms with Crippen LogP contribution in [0.3, 0.4) is 0 Å². The molecule has 4 aliphatic heterocycles. The van der Waals surface area contributed by atoms with E-state index in [1.807, 2.05) is 60.7 Å². The summed E-state index contributed by atoms with van der Waals surface area (Å²) in [4.78, 5) is 32.8. The lowest BCUT2D eigenvalue weighted by Gasteiger charge is -2.16. The van der Waals surface area contributed by atoms with Gasteiger partial charge in [-0.05, 0) is 37.1 Å². The number of rotatable bonds is 9. The molecule has 6 heterocycles. The molecular weight excluding hydrogens is 651 g/mol. The number of ether oxygens (including phenoxy) is 2. The van der Waals surface area contributed by atoms with Gasteiger partial charge in [-0.25, -0.2) is 9.97 Å². The predicted octanol–water partition coefficient (Wildman–Crippen LogP) is 5.39. The van der Waals surface area contributed by atoms with Gasteiger partial charge in [-0.1, -0.05) is 59.6 Å². The molecule has 246 valence electrons. The van der Waals surface area contributed by atoms with Crippen molar-refractivity contribution >= 4 is 35.0 Å². The molecule has 0 spiro atoms. The highest BCUT2D eigenvalue weighted by Crippen LogP contribution is 2.43. The number of nitrogens with zero attached hydrogens (tertiary/aromatic N) is 2. The summed E-state index contributed by atoms with van der Waals surface area (Å²) in [5, 5.41) is 14.1. The van der Waals surface area contributed by atoms with Crippen LogP contribution in [0, 0.1) is 0 Å². The molecule has 2 aromatic carbocycles. The zero-order valence-corrected chi connectivity index (χ0v) is 27.5. The van der Waals surface area contributed by atoms with Gasteiger partial charge in [0.1, 0.15) is 13.2 Å². The highest BCUT2D eigenvalue weighted by Gasteiger charge is 2.30. The molecule has 4 aliphatic rings. The Kier molecular flexibility index (Phi) is 8.42. The lowest BCUT2D eigenvalue weighted by molar-refractivity contribution is -0.120. The van der Waals surface area contributed by atoms with Crippen LogP contribution in [0.15, 0.2) is 60.7 Å². The zero-order chi connectivity index (χ0) is 32.8. The number of halogens is 2. The SMILES string of the molecule is O=C1CC[C@H](CN[C@H]2COc3nc(-c4cccc(-c5cccc(-c6ccc7c(n6)OC[C@H]7NC[C@H]6CCC(=O)N6)c5Cl)c4Cl)ccc32)N1. The molecule has 2 aromatic heterocycles. The van der Waals surface area contributed by atoms with Crippen LogP contribution in [-0.2, 0) is 9.59 Å². The zero-order valence-electron chi connectivity index (χ0n) is 26.0. The molecule has 0 saturated carbocycles. The fourth-order valence-electron chi connectivity index (χ4n) is 6.91. The maximum atomic E-state index is 11.6. The Balaban J connectivity index is 1.01. The van der Waals surface area contributed by atoms with Gasteiger partial charge in [-0.3, -0.25) is 9.59 Å². The van der Waals surface area contributed by atoms with E-state index in [0.717, 1.165) is 46.2 Å². The Labute approximate surface area is 287 Å². The summed E-state index contributed by atoms with van der Waals surface area (Å²) in [6, 6.07) is 19.9. The molecule has 0 unspecified atom stereocenters. The van der Waals surface area contributed by atoms with E-state index in [9.17, 15) is 9.59 Å². The Morgan fingerprint density at radius 3 is 1.50 bits per heavy atom. The lowest BCUT2D eigenvalue weighted by Crippen LogP contribution is -2.37. The van der Waals surface area contributed by atoms with Crippen molar-refractivity contribution in [1.29, 1.82) is 0 Å². The fraction of sp³-hybridized carbons (Fsp3) is 0.333. The highest BCUT2D eigenvalue weighted by molar-refractivity contribution is 6.39. The molecule has 4 atom stereocenters. The molecule has 2 amide bonds. The van der Waals surface area contributed by atoms with Gasteiger partial charge in [-0.15, -0.1) is 0 Å². The number of hydrogen-bond donors (Lipinski definition) is 4. The second-order valence-electron chi connectivity index (χ2n) is 12.7. The Bertz CT molecular complexity index is 1780. The first-order valence-corrected chi connectivity index (χ1v) is 17.1. The van der Waals surface area contributed by atoms with Gasteiger partial charge in [0.15, 0.2) is 0 Å². The summed E-state index contributed by atoms with van der Waals surface area (Å²) < 4.78 is 11.9. The largest absolute Gasteiger partial charge is 0.475 e. The molecule has 0 bridgehead atoms. The van der Waals surface area contributed by atoms with Crippen LogP contribution in [-0.4, -0.2) is 60.2 Å². The predicted molar refractivity (Wildman–Crippen MR) is 183 cm³/mol. The van der Waals surface area contributed by atoms with Crippen molar-refractivity contribution in [2.24, 2.45) is 0 Å². The van der Waals surface area contributed by atoms with E-state index in [1.165, 1.54) is 0 Å². The molecule has 4 aromatic rings. The van der Waals surface area contributed by atoms with E-state index < -0.39 is 0 Å². The van der Waals surface area contributed by atoms with Gasteiger partial charge in [0, 0.05) is 71.4 Å². The van der Waals surface area contributed by atoms with Gasteiger partial charge in [0.2, 0.25) is 23.6 Å². The van der Waals surface area contributed by atoms with Crippen LogP contribution in [0.2, 0.25) is 10.0 Å². The van der Waals surface area contributed by atoms with Crippen LogP contribution >= 0.6 is 23.2 Å². The van der Waals surface area contributed by atoms with Crippen molar-refractivity contribution < 1.29 is 19.1 Å². The number of amides is 2. The third kappa shape index (κ3) is 5.98. The summed E-state index contributed by atoms with van der Waals surface area (Å²) in [5.74, 6) is 1.37. The summed E-state index contributed by atoms with van der Waals surface area (Å²) in [5.41, 5.74) is 6.48. The van der Waals surface area contributed by atoms with Crippen LogP contribution in [0.4, 0.5) is 0 Å². The average molecular weight is 686 g/mol. The number of aromatic nitrogens is 2. The van der Waals surface area contributed by atoms with Crippen LogP contribution in [0.25, 0.3) is 33.6 Å². The number of pyridine rings is 2. The standard InChI is InChI=1S/C36H34Cl2N6O4/c37-33-21(3-1-5-23(33)27-11-9-25-29(17-47-35(25)43-27)39-15-19-7-13-31(45)41-19)22-4-2-6-24(34(22)38)28-12-10-26-30(18-48-36(26)44-28)40-16-20-8-14-32(46)42-20/h1-6,9-12,19-20,29-30,39-40H,7-8,13-18H2,(H,41,45)(H,42,46)/t19-,20-,29-,30+/m1/s1. The Morgan fingerprint density at radius 2 is 1.08 bits per heavy atom. The number of benzene rings is 2. The molecule has 12 heteroatoms. The van der Waals surface area contributed by atoms with Crippen molar-refractivity contribution in [3.8, 4) is 45.4 Å². The molecule has 10 nitrogen and oxygen atoms in total. The first-order chi connectivity index (χ1) is 23.4. The number of carbonyl (C=O) groups excluding carboxylic acids is 2. The van der Waals surface area contributed by atoms with Crippen LogP contribution in [0.1, 0.15) is 48.9 Å². The molecule has 0 radical (unpaired) electrons. The quantitative estimate of drug-likeness (QED) is 0.185. The summed E-state index contributed by atoms with van der Waals surface area (Å²) in [6.07, 6.45) is 2.83. The minimum atomic E-state index is 0.00366. The molecule has 4 N–H and O–H groups in total. The monoisotopic (exact) mass is 684 g/mol. The van der Waals surface area contributed by atoms with E-state index in [0.29, 0.717) is 72.3 Å². The number of fused-ring (bicyclic) bond motifs is 2. The van der Waals surface area contributed by atoms with Crippen molar-refractivity contribution in [1.82, 2.24) is 31.2 Å². The summed E-state index contributed by atoms with van der Waals surface area (Å²) in [6.45, 7) is 2.31. The molecule has 0 aliphatic carbocycles. The third-order valence-electron chi connectivity index (χ3n) is 9.53. The van der Waals surface area contributed by atoms with Gasteiger partial charge >= 0.3 is 0 Å². The maximum absolute atomic E-state index is 11.6. The van der Waals surface area contributed by atoms with Crippen molar-refractivity contribution in [3.05, 3.63) is 81.8 Å². The van der Waals surface area contributed by atoms with Crippen molar-refractivity contribution in [2.45, 2.75) is 49.9 Å². The van der Waals surface area contributed by atoms with E-state index in [4.69, 9.17) is 42.6 Å². The van der Waals surface area contributed by atoms with Crippen molar-refractivity contribution in [2.75, 3.05) is 26.3 Å². The first-order valence-electron chi connectivity index (χ1n) is 16.3. The Hall–Kier alpha value is -4.22. The Morgan fingerprint density at radius 1 is 0.646 bits per heavy atom. The maximum Gasteiger partial charge on any atom is 0.220 e.